The van der Waals surface area contributed by atoms with E-state index in [1.807, 2.05) is 6.07 Å². The van der Waals surface area contributed by atoms with Crippen LogP contribution in [0.15, 0.2) is 34.9 Å². The Morgan fingerprint density at radius 2 is 2.05 bits per heavy atom. The van der Waals surface area contributed by atoms with Crippen LogP contribution in [0.2, 0.25) is 0 Å². The number of hydrogen-bond acceptors (Lipinski definition) is 3. The van der Waals surface area contributed by atoms with Crippen molar-refractivity contribution >= 4 is 33.4 Å². The lowest BCUT2D eigenvalue weighted by Gasteiger charge is -2.05. The largest absolute Gasteiger partial charge is 0.354 e. The minimum Gasteiger partial charge on any atom is -0.354 e. The van der Waals surface area contributed by atoms with E-state index in [1.165, 1.54) is 11.7 Å². The number of aryl methyl sites for hydroxylation is 1. The van der Waals surface area contributed by atoms with Gasteiger partial charge in [-0.25, -0.2) is 0 Å². The Labute approximate surface area is 124 Å². The first-order chi connectivity index (χ1) is 9.51. The van der Waals surface area contributed by atoms with Crippen molar-refractivity contribution in [2.75, 3.05) is 12.4 Å². The number of benzene rings is 1. The van der Waals surface area contributed by atoms with Crippen LogP contribution >= 0.6 is 15.9 Å². The van der Waals surface area contributed by atoms with Gasteiger partial charge in [-0.2, -0.15) is 5.10 Å². The highest BCUT2D eigenvalue weighted by Gasteiger charge is 2.17. The summed E-state index contributed by atoms with van der Waals surface area (Å²) in [6.45, 7) is 0. The van der Waals surface area contributed by atoms with E-state index in [2.05, 4.69) is 31.7 Å². The molecular formula is C13H13BrN4O2. The summed E-state index contributed by atoms with van der Waals surface area (Å²) in [6.07, 6.45) is 1.58. The van der Waals surface area contributed by atoms with Crippen LogP contribution in [0.3, 0.4) is 0 Å². The second-order valence-corrected chi connectivity index (χ2v) is 5.02. The highest BCUT2D eigenvalue weighted by molar-refractivity contribution is 9.10. The van der Waals surface area contributed by atoms with E-state index in [9.17, 15) is 9.59 Å². The molecule has 7 heteroatoms. The molecule has 0 spiro atoms. The number of hydrogen-bond donors (Lipinski definition) is 2. The van der Waals surface area contributed by atoms with Gasteiger partial charge in [-0.3, -0.25) is 14.3 Å². The predicted octanol–water partition coefficient (Wildman–Crippen LogP) is 1.79. The molecular weight excluding hydrogens is 324 g/mol. The average molecular weight is 337 g/mol. The smallest absolute Gasteiger partial charge is 0.273 e. The van der Waals surface area contributed by atoms with E-state index in [0.29, 0.717) is 11.3 Å². The van der Waals surface area contributed by atoms with Crippen molar-refractivity contribution in [2.24, 2.45) is 7.05 Å². The van der Waals surface area contributed by atoms with Gasteiger partial charge in [0.05, 0.1) is 5.69 Å². The fourth-order valence-electron chi connectivity index (χ4n) is 1.69. The van der Waals surface area contributed by atoms with Crippen LogP contribution in [-0.4, -0.2) is 28.6 Å². The number of rotatable bonds is 3. The van der Waals surface area contributed by atoms with Gasteiger partial charge in [-0.1, -0.05) is 22.0 Å². The van der Waals surface area contributed by atoms with Crippen molar-refractivity contribution in [3.8, 4) is 0 Å². The van der Waals surface area contributed by atoms with E-state index in [0.717, 1.165) is 4.47 Å². The topological polar surface area (TPSA) is 76.0 Å². The molecule has 1 heterocycles. The summed E-state index contributed by atoms with van der Waals surface area (Å²) in [7, 11) is 3.19. The van der Waals surface area contributed by atoms with Gasteiger partial charge in [-0.05, 0) is 18.2 Å². The number of nitrogens with zero attached hydrogens (tertiary/aromatic N) is 2. The van der Waals surface area contributed by atoms with Crippen molar-refractivity contribution < 1.29 is 9.59 Å². The Bertz CT molecular complexity index is 666. The Hall–Kier alpha value is -2.15. The molecule has 0 atom stereocenters. The number of aromatic nitrogens is 2. The molecule has 2 amide bonds. The Morgan fingerprint density at radius 3 is 2.70 bits per heavy atom. The monoisotopic (exact) mass is 336 g/mol. The number of carbonyl (C=O) groups is 2. The zero-order chi connectivity index (χ0) is 14.7. The van der Waals surface area contributed by atoms with Crippen LogP contribution in [0.25, 0.3) is 0 Å². The zero-order valence-corrected chi connectivity index (χ0v) is 12.6. The van der Waals surface area contributed by atoms with Crippen molar-refractivity contribution in [3.05, 3.63) is 46.2 Å². The summed E-state index contributed by atoms with van der Waals surface area (Å²) in [5.41, 5.74) is 1.04. The van der Waals surface area contributed by atoms with Crippen molar-refractivity contribution in [2.45, 2.75) is 0 Å². The Kier molecular flexibility index (Phi) is 4.19. The lowest BCUT2D eigenvalue weighted by molar-refractivity contribution is 0.0958. The molecule has 0 radical (unpaired) electrons. The minimum atomic E-state index is -0.352. The minimum absolute atomic E-state index is 0.179. The van der Waals surface area contributed by atoms with Gasteiger partial charge >= 0.3 is 0 Å². The van der Waals surface area contributed by atoms with Gasteiger partial charge in [-0.15, -0.1) is 0 Å². The number of nitrogens with one attached hydrogen (secondary N) is 2. The fourth-order valence-corrected chi connectivity index (χ4v) is 2.09. The maximum absolute atomic E-state index is 12.1. The number of anilines is 1. The molecule has 0 aliphatic heterocycles. The van der Waals surface area contributed by atoms with Gasteiger partial charge in [0.15, 0.2) is 5.69 Å². The summed E-state index contributed by atoms with van der Waals surface area (Å²) in [4.78, 5) is 23.8. The molecule has 1 aromatic heterocycles. The normalized spacial score (nSPS) is 10.2. The first-order valence-corrected chi connectivity index (χ1v) is 6.63. The zero-order valence-electron chi connectivity index (χ0n) is 11.0. The summed E-state index contributed by atoms with van der Waals surface area (Å²) in [6, 6.07) is 6.99. The number of carbonyl (C=O) groups excluding carboxylic acids is 2. The van der Waals surface area contributed by atoms with E-state index in [4.69, 9.17) is 0 Å². The summed E-state index contributed by atoms with van der Waals surface area (Å²) < 4.78 is 2.28. The first kappa shape index (κ1) is 14.3. The van der Waals surface area contributed by atoms with E-state index in [-0.39, 0.29) is 17.5 Å². The third kappa shape index (κ3) is 3.05. The Morgan fingerprint density at radius 1 is 1.30 bits per heavy atom. The molecule has 0 saturated carbocycles. The van der Waals surface area contributed by atoms with Crippen LogP contribution in [-0.2, 0) is 7.05 Å². The predicted molar refractivity (Wildman–Crippen MR) is 78.7 cm³/mol. The molecule has 104 valence electrons. The van der Waals surface area contributed by atoms with Gasteiger partial charge in [0, 0.05) is 30.3 Å². The van der Waals surface area contributed by atoms with Gasteiger partial charge in [0.2, 0.25) is 0 Å². The van der Waals surface area contributed by atoms with Crippen LogP contribution in [0.5, 0.6) is 0 Å². The Balaban J connectivity index is 2.26. The fraction of sp³-hybridized carbons (Fsp3) is 0.154. The van der Waals surface area contributed by atoms with Gasteiger partial charge in [0.1, 0.15) is 0 Å². The molecule has 0 saturated heterocycles. The van der Waals surface area contributed by atoms with E-state index >= 15 is 0 Å². The molecule has 6 nitrogen and oxygen atoms in total. The second-order valence-electron chi connectivity index (χ2n) is 4.11. The lowest BCUT2D eigenvalue weighted by Crippen LogP contribution is -2.21. The first-order valence-electron chi connectivity index (χ1n) is 5.84. The summed E-state index contributed by atoms with van der Waals surface area (Å²) in [5, 5.41) is 9.20. The lowest BCUT2D eigenvalue weighted by atomic mass is 10.2. The highest BCUT2D eigenvalue weighted by Crippen LogP contribution is 2.16. The summed E-state index contributed by atoms with van der Waals surface area (Å²) >= 11 is 3.31. The van der Waals surface area contributed by atoms with E-state index in [1.54, 1.807) is 31.4 Å². The van der Waals surface area contributed by atoms with Crippen LogP contribution in [0, 0.1) is 0 Å². The summed E-state index contributed by atoms with van der Waals surface area (Å²) in [5.74, 6) is -0.653. The molecule has 0 unspecified atom stereocenters. The maximum atomic E-state index is 12.1. The van der Waals surface area contributed by atoms with Gasteiger partial charge in [0.25, 0.3) is 11.8 Å². The molecule has 20 heavy (non-hydrogen) atoms. The number of halogens is 1. The van der Waals surface area contributed by atoms with Gasteiger partial charge < -0.3 is 10.6 Å². The third-order valence-electron chi connectivity index (χ3n) is 2.61. The molecule has 1 aromatic carbocycles. The van der Waals surface area contributed by atoms with Crippen molar-refractivity contribution in [1.82, 2.24) is 15.1 Å². The molecule has 0 bridgehead atoms. The highest BCUT2D eigenvalue weighted by atomic mass is 79.9. The molecule has 2 N–H and O–H groups in total. The molecule has 2 rings (SSSR count). The van der Waals surface area contributed by atoms with Crippen LogP contribution in [0.1, 0.15) is 20.8 Å². The van der Waals surface area contributed by atoms with Crippen molar-refractivity contribution in [1.29, 1.82) is 0 Å². The average Bonchev–Trinajstić information content (AvgIpc) is 2.78. The van der Waals surface area contributed by atoms with Crippen molar-refractivity contribution in [3.63, 3.8) is 0 Å². The molecule has 0 aliphatic carbocycles. The molecule has 0 aliphatic rings. The SMILES string of the molecule is CNC(=O)c1nn(C)cc1NC(=O)c1cccc(Br)c1. The molecule has 0 fully saturated rings. The number of amides is 2. The standard InChI is InChI=1S/C13H13BrN4O2/c1-15-13(20)11-10(7-18(2)17-11)16-12(19)8-4-3-5-9(14)6-8/h3-7H,1-2H3,(H,15,20)(H,16,19). The quantitative estimate of drug-likeness (QED) is 0.897. The maximum Gasteiger partial charge on any atom is 0.273 e. The van der Waals surface area contributed by atoms with E-state index < -0.39 is 0 Å². The third-order valence-corrected chi connectivity index (χ3v) is 3.10. The second kappa shape index (κ2) is 5.87. The molecule has 2 aromatic rings. The van der Waals surface area contributed by atoms with Crippen LogP contribution < -0.4 is 10.6 Å². The van der Waals surface area contributed by atoms with Crippen LogP contribution in [0.4, 0.5) is 5.69 Å².